The van der Waals surface area contributed by atoms with Gasteiger partial charge in [-0.1, -0.05) is 67.8 Å². The molecule has 1 aromatic heterocycles. The second-order valence-corrected chi connectivity index (χ2v) is 7.26. The Balaban J connectivity index is 1.75. The van der Waals surface area contributed by atoms with Crippen LogP contribution in [0.3, 0.4) is 0 Å². The van der Waals surface area contributed by atoms with E-state index in [1.54, 1.807) is 11.7 Å². The number of nitrogens with one attached hydrogen (secondary N) is 1. The minimum Gasteiger partial charge on any atom is -0.352 e. The number of nitrogens with zero attached hydrogens (tertiary/aromatic N) is 4. The fraction of sp³-hybridized carbons (Fsp3) is 0.529. The molecule has 1 N–H and O–H groups in total. The summed E-state index contributed by atoms with van der Waals surface area (Å²) in [7, 11) is 1.79. The lowest BCUT2D eigenvalue weighted by Gasteiger charge is -2.21. The largest absolute Gasteiger partial charge is 0.352 e. The lowest BCUT2D eigenvalue weighted by Crippen LogP contribution is -2.37. The van der Waals surface area contributed by atoms with E-state index in [4.69, 9.17) is 0 Å². The molecular formula is C17H23N5OS. The van der Waals surface area contributed by atoms with Gasteiger partial charge in [0.25, 0.3) is 0 Å². The van der Waals surface area contributed by atoms with Crippen molar-refractivity contribution in [3.8, 4) is 0 Å². The molecule has 24 heavy (non-hydrogen) atoms. The Morgan fingerprint density at radius 3 is 2.54 bits per heavy atom. The van der Waals surface area contributed by atoms with E-state index < -0.39 is 0 Å². The van der Waals surface area contributed by atoms with Gasteiger partial charge in [0.15, 0.2) is 0 Å². The SMILES string of the molecule is Cn1nnnc1S[C@H](C(=O)NC1CCCCCC1)c1ccccc1. The molecule has 1 aliphatic rings. The number of hydrogen-bond donors (Lipinski definition) is 1. The average Bonchev–Trinajstić information content (AvgIpc) is 2.84. The summed E-state index contributed by atoms with van der Waals surface area (Å²) in [6.07, 6.45) is 7.08. The molecule has 1 atom stereocenters. The molecule has 0 aliphatic heterocycles. The Bertz CT molecular complexity index is 652. The van der Waals surface area contributed by atoms with Crippen LogP contribution in [0.25, 0.3) is 0 Å². The number of carbonyl (C=O) groups is 1. The van der Waals surface area contributed by atoms with E-state index in [-0.39, 0.29) is 17.2 Å². The summed E-state index contributed by atoms with van der Waals surface area (Å²) in [6.45, 7) is 0. The number of tetrazole rings is 1. The van der Waals surface area contributed by atoms with Gasteiger partial charge in [0.2, 0.25) is 11.1 Å². The van der Waals surface area contributed by atoms with Crippen molar-refractivity contribution >= 4 is 17.7 Å². The van der Waals surface area contributed by atoms with Gasteiger partial charge < -0.3 is 5.32 Å². The van der Waals surface area contributed by atoms with E-state index in [1.807, 2.05) is 30.3 Å². The lowest BCUT2D eigenvalue weighted by atomic mass is 10.1. The van der Waals surface area contributed by atoms with Crippen LogP contribution in [0.15, 0.2) is 35.5 Å². The maximum Gasteiger partial charge on any atom is 0.238 e. The van der Waals surface area contributed by atoms with Gasteiger partial charge >= 0.3 is 0 Å². The first-order valence-corrected chi connectivity index (χ1v) is 9.36. The molecule has 1 fully saturated rings. The smallest absolute Gasteiger partial charge is 0.238 e. The third-order valence-electron chi connectivity index (χ3n) is 4.35. The van der Waals surface area contributed by atoms with Crippen molar-refractivity contribution in [3.63, 3.8) is 0 Å². The van der Waals surface area contributed by atoms with Crippen molar-refractivity contribution in [3.05, 3.63) is 35.9 Å². The number of thioether (sulfide) groups is 1. The second kappa shape index (κ2) is 8.28. The van der Waals surface area contributed by atoms with E-state index >= 15 is 0 Å². The standard InChI is InChI=1S/C17H23N5OS/c1-22-17(19-20-21-22)24-15(13-9-5-4-6-10-13)16(23)18-14-11-7-2-3-8-12-14/h4-6,9-10,14-15H,2-3,7-8,11-12H2,1H3,(H,18,23)/t15-/m0/s1. The van der Waals surface area contributed by atoms with Crippen LogP contribution in [0.2, 0.25) is 0 Å². The number of aromatic nitrogens is 4. The summed E-state index contributed by atoms with van der Waals surface area (Å²) >= 11 is 1.39. The van der Waals surface area contributed by atoms with Crippen LogP contribution in [0.4, 0.5) is 0 Å². The van der Waals surface area contributed by atoms with Gasteiger partial charge in [-0.05, 0) is 28.8 Å². The zero-order valence-corrected chi connectivity index (χ0v) is 14.7. The fourth-order valence-electron chi connectivity index (χ4n) is 3.03. The molecule has 2 aromatic rings. The van der Waals surface area contributed by atoms with Crippen LogP contribution in [-0.2, 0) is 11.8 Å². The Hall–Kier alpha value is -1.89. The van der Waals surface area contributed by atoms with Crippen molar-refractivity contribution in [2.24, 2.45) is 7.05 Å². The minimum atomic E-state index is -0.348. The van der Waals surface area contributed by atoms with Crippen LogP contribution in [-0.4, -0.2) is 32.2 Å². The molecule has 1 aromatic carbocycles. The Kier molecular flexibility index (Phi) is 5.85. The monoisotopic (exact) mass is 345 g/mol. The number of aryl methyl sites for hydroxylation is 1. The summed E-state index contributed by atoms with van der Waals surface area (Å²) < 4.78 is 1.60. The van der Waals surface area contributed by atoms with Gasteiger partial charge in [0, 0.05) is 13.1 Å². The lowest BCUT2D eigenvalue weighted by molar-refractivity contribution is -0.121. The zero-order valence-electron chi connectivity index (χ0n) is 13.9. The van der Waals surface area contributed by atoms with E-state index in [0.717, 1.165) is 18.4 Å². The zero-order chi connectivity index (χ0) is 16.8. The van der Waals surface area contributed by atoms with Crippen LogP contribution in [0.5, 0.6) is 0 Å². The molecule has 0 radical (unpaired) electrons. The van der Waals surface area contributed by atoms with E-state index in [9.17, 15) is 4.79 Å². The van der Waals surface area contributed by atoms with Gasteiger partial charge in [-0.15, -0.1) is 5.10 Å². The third-order valence-corrected chi connectivity index (χ3v) is 5.63. The number of hydrogen-bond acceptors (Lipinski definition) is 5. The van der Waals surface area contributed by atoms with Crippen LogP contribution >= 0.6 is 11.8 Å². The van der Waals surface area contributed by atoms with Crippen molar-refractivity contribution in [2.45, 2.75) is 55.0 Å². The Morgan fingerprint density at radius 1 is 1.21 bits per heavy atom. The molecule has 0 saturated heterocycles. The van der Waals surface area contributed by atoms with E-state index in [1.165, 1.54) is 37.4 Å². The van der Waals surface area contributed by atoms with Crippen molar-refractivity contribution in [1.29, 1.82) is 0 Å². The first-order valence-electron chi connectivity index (χ1n) is 8.48. The van der Waals surface area contributed by atoms with Crippen molar-refractivity contribution in [1.82, 2.24) is 25.5 Å². The normalized spacial score (nSPS) is 17.2. The molecule has 128 valence electrons. The maximum atomic E-state index is 13.0. The molecule has 3 rings (SSSR count). The molecule has 7 heteroatoms. The van der Waals surface area contributed by atoms with Gasteiger partial charge in [0.05, 0.1) is 0 Å². The highest BCUT2D eigenvalue weighted by molar-refractivity contribution is 8.00. The summed E-state index contributed by atoms with van der Waals surface area (Å²) in [5.74, 6) is 0.0427. The first-order chi connectivity index (χ1) is 11.7. The number of amides is 1. The molecule has 1 amide bonds. The molecule has 0 spiro atoms. The van der Waals surface area contributed by atoms with Crippen LogP contribution < -0.4 is 5.32 Å². The van der Waals surface area contributed by atoms with Crippen molar-refractivity contribution < 1.29 is 4.79 Å². The molecule has 0 unspecified atom stereocenters. The fourth-order valence-corrected chi connectivity index (χ4v) is 3.98. The van der Waals surface area contributed by atoms with E-state index in [0.29, 0.717) is 5.16 Å². The number of benzene rings is 1. The third kappa shape index (κ3) is 4.35. The number of carbonyl (C=O) groups excluding carboxylic acids is 1. The van der Waals surface area contributed by atoms with Gasteiger partial charge in [-0.25, -0.2) is 4.68 Å². The second-order valence-electron chi connectivity index (χ2n) is 6.19. The minimum absolute atomic E-state index is 0.0427. The first kappa shape index (κ1) is 17.0. The average molecular weight is 345 g/mol. The summed E-state index contributed by atoms with van der Waals surface area (Å²) in [5.41, 5.74) is 0.969. The summed E-state index contributed by atoms with van der Waals surface area (Å²) in [5, 5.41) is 15.1. The highest BCUT2D eigenvalue weighted by Gasteiger charge is 2.26. The highest BCUT2D eigenvalue weighted by atomic mass is 32.2. The van der Waals surface area contributed by atoms with E-state index in [2.05, 4.69) is 20.8 Å². The Morgan fingerprint density at radius 2 is 1.92 bits per heavy atom. The van der Waals surface area contributed by atoms with Crippen LogP contribution in [0.1, 0.15) is 49.3 Å². The molecule has 6 nitrogen and oxygen atoms in total. The molecular weight excluding hydrogens is 322 g/mol. The molecule has 0 bridgehead atoms. The topological polar surface area (TPSA) is 72.7 Å². The number of rotatable bonds is 5. The molecule has 1 saturated carbocycles. The molecule has 1 heterocycles. The van der Waals surface area contributed by atoms with Crippen LogP contribution in [0, 0.1) is 0 Å². The van der Waals surface area contributed by atoms with Gasteiger partial charge in [-0.3, -0.25) is 4.79 Å². The molecule has 1 aliphatic carbocycles. The highest BCUT2D eigenvalue weighted by Crippen LogP contribution is 2.34. The quantitative estimate of drug-likeness (QED) is 0.666. The van der Waals surface area contributed by atoms with Gasteiger partial charge in [0.1, 0.15) is 5.25 Å². The summed E-state index contributed by atoms with van der Waals surface area (Å²) in [4.78, 5) is 13.0. The predicted molar refractivity (Wildman–Crippen MR) is 93.5 cm³/mol. The summed E-state index contributed by atoms with van der Waals surface area (Å²) in [6, 6.07) is 10.1. The van der Waals surface area contributed by atoms with Gasteiger partial charge in [-0.2, -0.15) is 0 Å². The van der Waals surface area contributed by atoms with Crippen molar-refractivity contribution in [2.75, 3.05) is 0 Å². The Labute approximate surface area is 146 Å². The predicted octanol–water partition coefficient (Wildman–Crippen LogP) is 2.88. The maximum absolute atomic E-state index is 13.0.